The lowest BCUT2D eigenvalue weighted by molar-refractivity contribution is -0.384. The van der Waals surface area contributed by atoms with Crippen molar-refractivity contribution in [3.8, 4) is 0 Å². The van der Waals surface area contributed by atoms with E-state index in [1.165, 1.54) is 29.5 Å². The molecule has 3 aromatic rings. The van der Waals surface area contributed by atoms with Gasteiger partial charge in [-0.1, -0.05) is 40.9 Å². The fraction of sp³-hybridized carbons (Fsp3) is 0. The molecule has 11 heteroatoms. The number of rotatable bonds is 3. The van der Waals surface area contributed by atoms with E-state index >= 15 is 0 Å². The standard InChI is InChI=1S/C16H8Cl3N3O3S2/c17-7-1-3-9-12(5-7)27-14(13(9)19)15(23)21-16(26)20-8-2-4-10(18)11(6-8)22(24)25/h1-6H,(H2,20,21,23,26). The van der Waals surface area contributed by atoms with E-state index in [9.17, 15) is 14.9 Å². The number of nitrogens with zero attached hydrogens (tertiary/aromatic N) is 1. The van der Waals surface area contributed by atoms with Crippen LogP contribution >= 0.6 is 58.4 Å². The molecule has 1 heterocycles. The van der Waals surface area contributed by atoms with Crippen LogP contribution in [0.25, 0.3) is 10.1 Å². The van der Waals surface area contributed by atoms with Gasteiger partial charge in [0.05, 0.1) is 9.95 Å². The first-order chi connectivity index (χ1) is 12.8. The lowest BCUT2D eigenvalue weighted by Crippen LogP contribution is -2.33. The summed E-state index contributed by atoms with van der Waals surface area (Å²) in [6, 6.07) is 9.21. The summed E-state index contributed by atoms with van der Waals surface area (Å²) in [6.45, 7) is 0. The highest BCUT2D eigenvalue weighted by atomic mass is 35.5. The Morgan fingerprint density at radius 2 is 1.89 bits per heavy atom. The van der Waals surface area contributed by atoms with Crippen molar-refractivity contribution >= 4 is 90.8 Å². The van der Waals surface area contributed by atoms with E-state index < -0.39 is 10.8 Å². The van der Waals surface area contributed by atoms with Gasteiger partial charge >= 0.3 is 0 Å². The molecular weight excluding hydrogens is 453 g/mol. The third-order valence-electron chi connectivity index (χ3n) is 3.43. The molecule has 0 spiro atoms. The van der Waals surface area contributed by atoms with Crippen LogP contribution in [0.15, 0.2) is 36.4 Å². The average Bonchev–Trinajstić information content (AvgIpc) is 2.92. The molecule has 138 valence electrons. The highest BCUT2D eigenvalue weighted by Crippen LogP contribution is 2.36. The molecule has 0 saturated heterocycles. The summed E-state index contributed by atoms with van der Waals surface area (Å²) in [7, 11) is 0. The summed E-state index contributed by atoms with van der Waals surface area (Å²) < 4.78 is 0.768. The molecule has 0 radical (unpaired) electrons. The van der Waals surface area contributed by atoms with Gasteiger partial charge in [0.25, 0.3) is 11.6 Å². The number of amides is 1. The predicted molar refractivity (Wildman–Crippen MR) is 114 cm³/mol. The molecule has 2 N–H and O–H groups in total. The molecule has 0 atom stereocenters. The number of carbonyl (C=O) groups is 1. The van der Waals surface area contributed by atoms with Crippen LogP contribution in [-0.4, -0.2) is 15.9 Å². The van der Waals surface area contributed by atoms with Gasteiger partial charge in [0.2, 0.25) is 0 Å². The second kappa shape index (κ2) is 7.95. The summed E-state index contributed by atoms with van der Waals surface area (Å²) in [6.07, 6.45) is 0. The summed E-state index contributed by atoms with van der Waals surface area (Å²) in [5, 5.41) is 17.6. The zero-order valence-corrected chi connectivity index (χ0v) is 17.0. The van der Waals surface area contributed by atoms with Crippen LogP contribution in [0, 0.1) is 10.1 Å². The maximum Gasteiger partial charge on any atom is 0.289 e. The van der Waals surface area contributed by atoms with Crippen LogP contribution < -0.4 is 10.6 Å². The Balaban J connectivity index is 1.77. The van der Waals surface area contributed by atoms with Crippen LogP contribution in [0.3, 0.4) is 0 Å². The fourth-order valence-electron chi connectivity index (χ4n) is 2.24. The van der Waals surface area contributed by atoms with E-state index in [1.807, 2.05) is 0 Å². The molecule has 0 unspecified atom stereocenters. The lowest BCUT2D eigenvalue weighted by Gasteiger charge is -2.09. The van der Waals surface area contributed by atoms with Crippen molar-refractivity contribution in [3.05, 3.63) is 66.5 Å². The van der Waals surface area contributed by atoms with Crippen molar-refractivity contribution in [3.63, 3.8) is 0 Å². The van der Waals surface area contributed by atoms with Gasteiger partial charge in [0.15, 0.2) is 5.11 Å². The SMILES string of the molecule is O=C(NC(=S)Nc1ccc(Cl)c([N+](=O)[O-])c1)c1sc2cc(Cl)ccc2c1Cl. The van der Waals surface area contributed by atoms with E-state index in [4.69, 9.17) is 47.0 Å². The van der Waals surface area contributed by atoms with E-state index in [-0.39, 0.29) is 20.7 Å². The van der Waals surface area contributed by atoms with Crippen molar-refractivity contribution in [2.45, 2.75) is 0 Å². The first kappa shape index (κ1) is 19.8. The van der Waals surface area contributed by atoms with Crippen LogP contribution in [0.2, 0.25) is 15.1 Å². The number of benzene rings is 2. The number of nitrogens with one attached hydrogen (secondary N) is 2. The van der Waals surface area contributed by atoms with Crippen molar-refractivity contribution < 1.29 is 9.72 Å². The Bertz CT molecular complexity index is 1100. The number of nitro groups is 1. The molecular formula is C16H8Cl3N3O3S2. The van der Waals surface area contributed by atoms with E-state index in [1.54, 1.807) is 18.2 Å². The lowest BCUT2D eigenvalue weighted by atomic mass is 10.2. The quantitative estimate of drug-likeness (QED) is 0.289. The minimum Gasteiger partial charge on any atom is -0.332 e. The Hall–Kier alpha value is -1.97. The number of hydrogen-bond donors (Lipinski definition) is 2. The van der Waals surface area contributed by atoms with Crippen molar-refractivity contribution in [2.24, 2.45) is 0 Å². The Morgan fingerprint density at radius 1 is 1.15 bits per heavy atom. The van der Waals surface area contributed by atoms with Crippen LogP contribution in [0.1, 0.15) is 9.67 Å². The molecule has 1 aromatic heterocycles. The van der Waals surface area contributed by atoms with E-state index in [2.05, 4.69) is 10.6 Å². The second-order valence-electron chi connectivity index (χ2n) is 5.22. The number of hydrogen-bond acceptors (Lipinski definition) is 5. The summed E-state index contributed by atoms with van der Waals surface area (Å²) in [5.41, 5.74) is 0.0332. The third-order valence-corrected chi connectivity index (χ3v) is 5.84. The maximum absolute atomic E-state index is 12.5. The first-order valence-corrected chi connectivity index (χ1v) is 9.56. The van der Waals surface area contributed by atoms with Crippen LogP contribution in [0.5, 0.6) is 0 Å². The Kier molecular flexibility index (Phi) is 5.83. The van der Waals surface area contributed by atoms with Gasteiger partial charge in [-0.05, 0) is 36.5 Å². The number of anilines is 1. The zero-order chi connectivity index (χ0) is 19.7. The molecule has 1 amide bonds. The number of halogens is 3. The minimum absolute atomic E-state index is 0.00350. The molecule has 0 aliphatic rings. The second-order valence-corrected chi connectivity index (χ2v) is 7.90. The Morgan fingerprint density at radius 3 is 2.59 bits per heavy atom. The molecule has 27 heavy (non-hydrogen) atoms. The van der Waals surface area contributed by atoms with Gasteiger partial charge in [-0.3, -0.25) is 20.2 Å². The van der Waals surface area contributed by atoms with E-state index in [0.717, 1.165) is 4.70 Å². The topological polar surface area (TPSA) is 84.3 Å². The Labute approximate surface area is 177 Å². The molecule has 2 aromatic carbocycles. The monoisotopic (exact) mass is 459 g/mol. The number of fused-ring (bicyclic) bond motifs is 1. The number of carbonyl (C=O) groups excluding carboxylic acids is 1. The highest BCUT2D eigenvalue weighted by Gasteiger charge is 2.19. The summed E-state index contributed by atoms with van der Waals surface area (Å²) in [5.74, 6) is -0.502. The number of thiocarbonyl (C=S) groups is 1. The average molecular weight is 461 g/mol. The van der Waals surface area contributed by atoms with Gasteiger partial charge in [-0.2, -0.15) is 0 Å². The van der Waals surface area contributed by atoms with Crippen molar-refractivity contribution in [2.75, 3.05) is 5.32 Å². The molecule has 0 saturated carbocycles. The van der Waals surface area contributed by atoms with Gasteiger partial charge in [0, 0.05) is 26.9 Å². The smallest absolute Gasteiger partial charge is 0.289 e. The zero-order valence-electron chi connectivity index (χ0n) is 13.1. The van der Waals surface area contributed by atoms with Crippen LogP contribution in [0.4, 0.5) is 11.4 Å². The largest absolute Gasteiger partial charge is 0.332 e. The third kappa shape index (κ3) is 4.31. The van der Waals surface area contributed by atoms with Gasteiger partial charge in [-0.15, -0.1) is 11.3 Å². The molecule has 3 rings (SSSR count). The van der Waals surface area contributed by atoms with Gasteiger partial charge < -0.3 is 5.32 Å². The minimum atomic E-state index is -0.614. The molecule has 0 aliphatic heterocycles. The fourth-order valence-corrected chi connectivity index (χ4v) is 4.32. The van der Waals surface area contributed by atoms with Gasteiger partial charge in [-0.25, -0.2) is 0 Å². The number of nitro benzene ring substituents is 1. The maximum atomic E-state index is 12.5. The van der Waals surface area contributed by atoms with Gasteiger partial charge in [0.1, 0.15) is 9.90 Å². The van der Waals surface area contributed by atoms with Crippen molar-refractivity contribution in [1.82, 2.24) is 5.32 Å². The molecule has 0 bridgehead atoms. The molecule has 0 aliphatic carbocycles. The predicted octanol–water partition coefficient (Wildman–Crippen LogP) is 5.90. The van der Waals surface area contributed by atoms with Crippen LogP contribution in [-0.2, 0) is 0 Å². The first-order valence-electron chi connectivity index (χ1n) is 7.20. The normalized spacial score (nSPS) is 10.6. The molecule has 6 nitrogen and oxygen atoms in total. The summed E-state index contributed by atoms with van der Waals surface area (Å²) in [4.78, 5) is 23.1. The highest BCUT2D eigenvalue weighted by molar-refractivity contribution is 7.80. The molecule has 0 fully saturated rings. The van der Waals surface area contributed by atoms with Crippen molar-refractivity contribution in [1.29, 1.82) is 0 Å². The number of thiophene rings is 1. The van der Waals surface area contributed by atoms with E-state index in [0.29, 0.717) is 21.1 Å². The summed E-state index contributed by atoms with van der Waals surface area (Å²) >= 11 is 24.3.